The third-order valence-corrected chi connectivity index (χ3v) is 0.607. The van der Waals surface area contributed by atoms with Crippen molar-refractivity contribution >= 4 is 10.4 Å². The summed E-state index contributed by atoms with van der Waals surface area (Å²) in [6, 6.07) is 5.86. The maximum atomic E-state index is 8.52. The van der Waals surface area contributed by atoms with E-state index in [2.05, 4.69) is 4.98 Å². The topological polar surface area (TPSA) is 94.4 Å². The van der Waals surface area contributed by atoms with E-state index >= 15 is 0 Å². The second-order valence-corrected chi connectivity index (χ2v) is 2.30. The first-order valence-corrected chi connectivity index (χ1v) is 3.91. The summed E-state index contributed by atoms with van der Waals surface area (Å²) in [6.45, 7) is 0. The molecule has 0 aromatic carbocycles. The Morgan fingerprint density at radius 2 is 1.33 bits per heavy atom. The van der Waals surface area contributed by atoms with E-state index in [1.54, 1.807) is 0 Å². The van der Waals surface area contributed by atoms with Crippen LogP contribution in [0.5, 0.6) is 0 Å². The average Bonchev–Trinajstić information content (AvgIpc) is 1.88. The molecule has 0 saturated heterocycles. The van der Waals surface area contributed by atoms with E-state index in [9.17, 15) is 0 Å². The van der Waals surface area contributed by atoms with Gasteiger partial charge in [-0.2, -0.15) is 0 Å². The summed E-state index contributed by atoms with van der Waals surface area (Å²) in [5.74, 6) is 0. The van der Waals surface area contributed by atoms with Crippen molar-refractivity contribution in [3.63, 3.8) is 0 Å². The maximum Gasteiger partial charge on any atom is 1.00 e. The standard InChI is InChI=1S/C5H5N.Na.H2O4S/c1-2-4-6-5-3-1;;1-5(2,3)4/h1-5H;;(H2,1,2,3,4)/q;+1;/p-1. The fraction of sp³-hybridized carbons (Fsp3) is 0. The molecule has 0 saturated carbocycles. The van der Waals surface area contributed by atoms with Crippen LogP contribution in [0, 0.1) is 0 Å². The monoisotopic (exact) mass is 199 g/mol. The number of hydrogen-bond donors (Lipinski definition) is 0. The Morgan fingerprint density at radius 1 is 1.00 bits per heavy atom. The fourth-order valence-corrected chi connectivity index (χ4v) is 0.342. The Morgan fingerprint density at radius 3 is 1.42 bits per heavy atom. The molecule has 1 rings (SSSR count). The molecule has 62 valence electrons. The van der Waals surface area contributed by atoms with Gasteiger partial charge >= 0.3 is 29.6 Å². The second-order valence-electron chi connectivity index (χ2n) is 1.49. The predicted octanol–water partition coefficient (Wildman–Crippen LogP) is -3.83. The van der Waals surface area contributed by atoms with Gasteiger partial charge in [-0.25, -0.2) is 4.98 Å². The first-order chi connectivity index (χ1) is 5.00. The molecule has 0 radical (unpaired) electrons. The molecule has 0 fully saturated rings. The first kappa shape index (κ1) is 14.5. The van der Waals surface area contributed by atoms with Crippen molar-refractivity contribution in [2.45, 2.75) is 0 Å². The number of aromatic amines is 1. The van der Waals surface area contributed by atoms with Gasteiger partial charge in [0.15, 0.2) is 12.4 Å². The first-order valence-electron chi connectivity index (χ1n) is 2.58. The van der Waals surface area contributed by atoms with Gasteiger partial charge in [-0.3, -0.25) is 8.42 Å². The minimum absolute atomic E-state index is 0. The summed E-state index contributed by atoms with van der Waals surface area (Å²) in [6.07, 6.45) is 3.75. The molecule has 0 atom stereocenters. The quantitative estimate of drug-likeness (QED) is 0.243. The summed E-state index contributed by atoms with van der Waals surface area (Å²) < 4.78 is 34.1. The average molecular weight is 199 g/mol. The van der Waals surface area contributed by atoms with Gasteiger partial charge in [-0.1, -0.05) is 6.07 Å². The Hall–Kier alpha value is 0.0200. The maximum absolute atomic E-state index is 8.52. The summed E-state index contributed by atoms with van der Waals surface area (Å²) >= 11 is 0. The molecule has 0 unspecified atom stereocenters. The van der Waals surface area contributed by atoms with Crippen molar-refractivity contribution in [3.8, 4) is 0 Å². The molecule has 1 heterocycles. The van der Waals surface area contributed by atoms with E-state index in [0.717, 1.165) is 0 Å². The zero-order valence-corrected chi connectivity index (χ0v) is 9.24. The molecular weight excluding hydrogens is 193 g/mol. The van der Waals surface area contributed by atoms with Gasteiger partial charge in [-0.05, 0) is 0 Å². The molecule has 0 aliphatic rings. The van der Waals surface area contributed by atoms with Crippen LogP contribution in [0.2, 0.25) is 0 Å². The normalized spacial score (nSPS) is 8.83. The SMILES string of the molecule is O=S(=O)([O-])[O-].[Na+].c1cc[nH+]cc1. The minimum Gasteiger partial charge on any atom is -0.759 e. The number of aromatic nitrogens is 1. The van der Waals surface area contributed by atoms with Gasteiger partial charge in [0, 0.05) is 22.5 Å². The molecule has 0 amide bonds. The molecule has 0 aliphatic heterocycles. The van der Waals surface area contributed by atoms with Gasteiger partial charge < -0.3 is 9.11 Å². The van der Waals surface area contributed by atoms with E-state index in [0.29, 0.717) is 0 Å². The number of hydrogen-bond acceptors (Lipinski definition) is 4. The smallest absolute Gasteiger partial charge is 0.759 e. The van der Waals surface area contributed by atoms with Crippen molar-refractivity contribution in [3.05, 3.63) is 30.6 Å². The van der Waals surface area contributed by atoms with Crippen LogP contribution in [0.3, 0.4) is 0 Å². The van der Waals surface area contributed by atoms with Crippen LogP contribution in [0.15, 0.2) is 30.6 Å². The van der Waals surface area contributed by atoms with Crippen molar-refractivity contribution in [1.82, 2.24) is 0 Å². The summed E-state index contributed by atoms with van der Waals surface area (Å²) in [5.41, 5.74) is 0. The Bertz CT molecular complexity index is 240. The zero-order chi connectivity index (χ0) is 8.74. The van der Waals surface area contributed by atoms with Gasteiger partial charge in [0.2, 0.25) is 0 Å². The van der Waals surface area contributed by atoms with Crippen LogP contribution in [0.25, 0.3) is 0 Å². The number of rotatable bonds is 0. The van der Waals surface area contributed by atoms with E-state index in [-0.39, 0.29) is 29.6 Å². The van der Waals surface area contributed by atoms with E-state index in [1.807, 2.05) is 30.6 Å². The molecule has 5 nitrogen and oxygen atoms in total. The third-order valence-electron chi connectivity index (χ3n) is 0.607. The molecule has 0 bridgehead atoms. The molecule has 0 aliphatic carbocycles. The summed E-state index contributed by atoms with van der Waals surface area (Å²) in [7, 11) is -5.17. The Kier molecular flexibility index (Phi) is 9.28. The fourth-order valence-electron chi connectivity index (χ4n) is 0.342. The molecule has 1 aromatic heterocycles. The zero-order valence-electron chi connectivity index (χ0n) is 6.43. The third kappa shape index (κ3) is 22.5. The van der Waals surface area contributed by atoms with Gasteiger partial charge in [0.25, 0.3) is 0 Å². The van der Waals surface area contributed by atoms with Gasteiger partial charge in [0.05, 0.1) is 0 Å². The van der Waals surface area contributed by atoms with E-state index < -0.39 is 10.4 Å². The molecular formula is C5H6NNaO4S. The molecule has 1 N–H and O–H groups in total. The van der Waals surface area contributed by atoms with Crippen LogP contribution >= 0.6 is 0 Å². The number of pyridine rings is 1. The van der Waals surface area contributed by atoms with E-state index in [4.69, 9.17) is 17.5 Å². The van der Waals surface area contributed by atoms with Crippen molar-refractivity contribution in [2.24, 2.45) is 0 Å². The van der Waals surface area contributed by atoms with Crippen LogP contribution < -0.4 is 34.5 Å². The molecule has 12 heavy (non-hydrogen) atoms. The number of nitrogens with one attached hydrogen (secondary N) is 1. The van der Waals surface area contributed by atoms with E-state index in [1.165, 1.54) is 0 Å². The van der Waals surface area contributed by atoms with Crippen molar-refractivity contribution < 1.29 is 52.1 Å². The summed E-state index contributed by atoms with van der Waals surface area (Å²) in [5, 5.41) is 0. The molecule has 7 heteroatoms. The van der Waals surface area contributed by atoms with Gasteiger partial charge in [0.1, 0.15) is 0 Å². The Labute approximate surface area is 92.7 Å². The Balaban J connectivity index is 0. The number of H-pyrrole nitrogens is 1. The minimum atomic E-state index is -5.17. The van der Waals surface area contributed by atoms with Crippen molar-refractivity contribution in [1.29, 1.82) is 0 Å². The molecule has 1 aromatic rings. The predicted molar refractivity (Wildman–Crippen MR) is 33.5 cm³/mol. The van der Waals surface area contributed by atoms with Crippen LogP contribution in [-0.2, 0) is 10.4 Å². The van der Waals surface area contributed by atoms with Gasteiger partial charge in [-0.15, -0.1) is 0 Å². The van der Waals surface area contributed by atoms with Crippen molar-refractivity contribution in [2.75, 3.05) is 0 Å². The largest absolute Gasteiger partial charge is 1.00 e. The summed E-state index contributed by atoms with van der Waals surface area (Å²) in [4.78, 5) is 2.89. The molecule has 0 spiro atoms. The van der Waals surface area contributed by atoms with Crippen LogP contribution in [0.4, 0.5) is 0 Å². The van der Waals surface area contributed by atoms with Crippen LogP contribution in [0.1, 0.15) is 0 Å². The second kappa shape index (κ2) is 7.66. The van der Waals surface area contributed by atoms with Crippen LogP contribution in [-0.4, -0.2) is 17.5 Å².